The fraction of sp³-hybridized carbons (Fsp3) is 0.467. The van der Waals surface area contributed by atoms with Crippen LogP contribution in [0.5, 0.6) is 0 Å². The van der Waals surface area contributed by atoms with Gasteiger partial charge in [0.2, 0.25) is 0 Å². The summed E-state index contributed by atoms with van der Waals surface area (Å²) in [5, 5.41) is 0. The number of halogens is 1. The molecule has 0 saturated heterocycles. The molecule has 1 rings (SSSR count). The van der Waals surface area contributed by atoms with Gasteiger partial charge in [-0.25, -0.2) is 0 Å². The zero-order chi connectivity index (χ0) is 12.0. The van der Waals surface area contributed by atoms with E-state index >= 15 is 0 Å². The molecule has 0 bridgehead atoms. The van der Waals surface area contributed by atoms with Crippen LogP contribution >= 0.6 is 15.9 Å². The van der Waals surface area contributed by atoms with Crippen molar-refractivity contribution in [2.24, 2.45) is 5.92 Å². The fourth-order valence-corrected chi connectivity index (χ4v) is 2.31. The van der Waals surface area contributed by atoms with Crippen molar-refractivity contribution in [3.63, 3.8) is 0 Å². The molecule has 1 aromatic rings. The van der Waals surface area contributed by atoms with Crippen LogP contribution in [0.1, 0.15) is 38.3 Å². The van der Waals surface area contributed by atoms with Crippen molar-refractivity contribution in [3.05, 3.63) is 46.0 Å². The fourth-order valence-electron chi connectivity index (χ4n) is 1.91. The smallest absolute Gasteiger partial charge is 0.0178 e. The molecule has 0 aliphatic rings. The molecule has 1 aromatic carbocycles. The van der Waals surface area contributed by atoms with E-state index in [1.807, 2.05) is 0 Å². The molecule has 88 valence electrons. The Morgan fingerprint density at radius 1 is 1.25 bits per heavy atom. The highest BCUT2D eigenvalue weighted by Gasteiger charge is 2.05. The molecule has 0 fully saturated rings. The Balaban J connectivity index is 2.76. The maximum Gasteiger partial charge on any atom is 0.0178 e. The molecule has 0 radical (unpaired) electrons. The molecule has 1 atom stereocenters. The molecule has 0 spiro atoms. The summed E-state index contributed by atoms with van der Waals surface area (Å²) in [5.74, 6) is 0.631. The second-order valence-corrected chi connectivity index (χ2v) is 5.20. The van der Waals surface area contributed by atoms with Crippen LogP contribution in [-0.4, -0.2) is 0 Å². The van der Waals surface area contributed by atoms with Gasteiger partial charge in [0.05, 0.1) is 0 Å². The second kappa shape index (κ2) is 6.90. The van der Waals surface area contributed by atoms with Crippen molar-refractivity contribution in [1.82, 2.24) is 0 Å². The first-order valence-corrected chi connectivity index (χ1v) is 6.90. The third kappa shape index (κ3) is 4.13. The van der Waals surface area contributed by atoms with Crippen molar-refractivity contribution in [2.75, 3.05) is 0 Å². The summed E-state index contributed by atoms with van der Waals surface area (Å²) in [6, 6.07) is 6.63. The van der Waals surface area contributed by atoms with E-state index in [-0.39, 0.29) is 0 Å². The van der Waals surface area contributed by atoms with Crippen LogP contribution in [0.3, 0.4) is 0 Å². The first-order chi connectivity index (χ1) is 7.67. The van der Waals surface area contributed by atoms with E-state index in [2.05, 4.69) is 67.1 Å². The van der Waals surface area contributed by atoms with Crippen molar-refractivity contribution in [3.8, 4) is 0 Å². The van der Waals surface area contributed by atoms with Crippen molar-refractivity contribution < 1.29 is 0 Å². The lowest BCUT2D eigenvalue weighted by Crippen LogP contribution is -2.00. The summed E-state index contributed by atoms with van der Waals surface area (Å²) in [6.45, 7) is 6.69. The van der Waals surface area contributed by atoms with Gasteiger partial charge in [-0.05, 0) is 48.4 Å². The van der Waals surface area contributed by atoms with Crippen LogP contribution in [-0.2, 0) is 12.8 Å². The van der Waals surface area contributed by atoms with Crippen molar-refractivity contribution in [2.45, 2.75) is 40.0 Å². The standard InChI is InChI=1S/C15H21Br/c1-4-6-7-12(3)10-14-8-9-15(16)11-13(14)5-2/h6-9,11-12H,4-5,10H2,1-3H3. The maximum absolute atomic E-state index is 3.53. The summed E-state index contributed by atoms with van der Waals surface area (Å²) in [7, 11) is 0. The molecular formula is C15H21Br. The summed E-state index contributed by atoms with van der Waals surface area (Å²) < 4.78 is 1.19. The maximum atomic E-state index is 3.53. The molecule has 0 heterocycles. The normalized spacial score (nSPS) is 13.2. The monoisotopic (exact) mass is 280 g/mol. The van der Waals surface area contributed by atoms with Gasteiger partial charge in [-0.15, -0.1) is 0 Å². The zero-order valence-corrected chi connectivity index (χ0v) is 12.0. The minimum absolute atomic E-state index is 0.631. The van der Waals surface area contributed by atoms with Crippen molar-refractivity contribution in [1.29, 1.82) is 0 Å². The number of aryl methyl sites for hydroxylation is 1. The zero-order valence-electron chi connectivity index (χ0n) is 10.5. The molecule has 0 amide bonds. The Morgan fingerprint density at radius 2 is 2.00 bits per heavy atom. The lowest BCUT2D eigenvalue weighted by molar-refractivity contribution is 0.714. The third-order valence-corrected chi connectivity index (χ3v) is 3.28. The molecule has 16 heavy (non-hydrogen) atoms. The first kappa shape index (κ1) is 13.5. The van der Waals surface area contributed by atoms with Gasteiger partial charge >= 0.3 is 0 Å². The van der Waals surface area contributed by atoms with E-state index in [4.69, 9.17) is 0 Å². The van der Waals surface area contributed by atoms with Crippen LogP contribution in [0.25, 0.3) is 0 Å². The summed E-state index contributed by atoms with van der Waals surface area (Å²) in [5.41, 5.74) is 2.95. The molecule has 0 nitrogen and oxygen atoms in total. The largest absolute Gasteiger partial charge is 0.0885 e. The number of hydrogen-bond acceptors (Lipinski definition) is 0. The first-order valence-electron chi connectivity index (χ1n) is 6.11. The topological polar surface area (TPSA) is 0 Å². The van der Waals surface area contributed by atoms with Crippen LogP contribution in [0.15, 0.2) is 34.8 Å². The van der Waals surface area contributed by atoms with Gasteiger partial charge < -0.3 is 0 Å². The van der Waals surface area contributed by atoms with E-state index < -0.39 is 0 Å². The predicted molar refractivity (Wildman–Crippen MR) is 75.8 cm³/mol. The highest BCUT2D eigenvalue weighted by atomic mass is 79.9. The number of allylic oxidation sites excluding steroid dienone is 2. The van der Waals surface area contributed by atoms with E-state index in [0.717, 1.165) is 19.3 Å². The van der Waals surface area contributed by atoms with Crippen LogP contribution in [0.2, 0.25) is 0 Å². The average Bonchev–Trinajstić information content (AvgIpc) is 2.28. The van der Waals surface area contributed by atoms with E-state index in [1.54, 1.807) is 0 Å². The quantitative estimate of drug-likeness (QED) is 0.654. The Hall–Kier alpha value is -0.560. The minimum Gasteiger partial charge on any atom is -0.0885 e. The molecule has 0 aliphatic heterocycles. The highest BCUT2D eigenvalue weighted by Crippen LogP contribution is 2.20. The Bertz CT molecular complexity index is 352. The Labute approximate surface area is 108 Å². The SMILES string of the molecule is CCC=CC(C)Cc1ccc(Br)cc1CC. The summed E-state index contributed by atoms with van der Waals surface area (Å²) in [6.07, 6.45) is 7.97. The minimum atomic E-state index is 0.631. The Morgan fingerprint density at radius 3 is 2.62 bits per heavy atom. The summed E-state index contributed by atoms with van der Waals surface area (Å²) >= 11 is 3.53. The van der Waals surface area contributed by atoms with E-state index in [1.165, 1.54) is 15.6 Å². The second-order valence-electron chi connectivity index (χ2n) is 4.28. The molecule has 1 unspecified atom stereocenters. The third-order valence-electron chi connectivity index (χ3n) is 2.79. The Kier molecular flexibility index (Phi) is 5.83. The van der Waals surface area contributed by atoms with Gasteiger partial charge in [0.25, 0.3) is 0 Å². The molecular weight excluding hydrogens is 260 g/mol. The van der Waals surface area contributed by atoms with Gasteiger partial charge in [-0.3, -0.25) is 0 Å². The van der Waals surface area contributed by atoms with Gasteiger partial charge in [-0.2, -0.15) is 0 Å². The van der Waals surface area contributed by atoms with Crippen LogP contribution < -0.4 is 0 Å². The van der Waals surface area contributed by atoms with Crippen molar-refractivity contribution >= 4 is 15.9 Å². The number of benzene rings is 1. The highest BCUT2D eigenvalue weighted by molar-refractivity contribution is 9.10. The predicted octanol–water partition coefficient (Wildman–Crippen LogP) is 5.16. The lowest BCUT2D eigenvalue weighted by atomic mass is 9.95. The summed E-state index contributed by atoms with van der Waals surface area (Å²) in [4.78, 5) is 0. The van der Waals surface area contributed by atoms with E-state index in [9.17, 15) is 0 Å². The van der Waals surface area contributed by atoms with Gasteiger partial charge in [-0.1, -0.05) is 54.9 Å². The number of hydrogen-bond donors (Lipinski definition) is 0. The molecule has 0 aromatic heterocycles. The van der Waals surface area contributed by atoms with Gasteiger partial charge in [0, 0.05) is 4.47 Å². The number of rotatable bonds is 5. The van der Waals surface area contributed by atoms with Gasteiger partial charge in [0.1, 0.15) is 0 Å². The lowest BCUT2D eigenvalue weighted by Gasteiger charge is -2.11. The van der Waals surface area contributed by atoms with Crippen LogP contribution in [0, 0.1) is 5.92 Å². The molecule has 0 N–H and O–H groups in total. The average molecular weight is 281 g/mol. The van der Waals surface area contributed by atoms with E-state index in [0.29, 0.717) is 5.92 Å². The molecule has 1 heteroatoms. The van der Waals surface area contributed by atoms with Crippen LogP contribution in [0.4, 0.5) is 0 Å². The molecule has 0 saturated carbocycles. The molecule has 0 aliphatic carbocycles. The van der Waals surface area contributed by atoms with Gasteiger partial charge in [0.15, 0.2) is 0 Å².